The number of para-hydroxylation sites is 1. The van der Waals surface area contributed by atoms with Crippen molar-refractivity contribution in [2.24, 2.45) is 5.92 Å². The molecule has 1 aliphatic rings. The maximum Gasteiger partial charge on any atom is 0.249 e. The third-order valence-electron chi connectivity index (χ3n) is 3.96. The van der Waals surface area contributed by atoms with Crippen LogP contribution in [-0.4, -0.2) is 24.4 Å². The molecule has 0 unspecified atom stereocenters. The first kappa shape index (κ1) is 15.8. The van der Waals surface area contributed by atoms with Crippen molar-refractivity contribution in [3.63, 3.8) is 0 Å². The lowest BCUT2D eigenvalue weighted by Crippen LogP contribution is -2.53. The van der Waals surface area contributed by atoms with Gasteiger partial charge in [-0.3, -0.25) is 9.59 Å². The molecule has 0 aromatic heterocycles. The lowest BCUT2D eigenvalue weighted by Gasteiger charge is -2.33. The molecule has 0 aliphatic carbocycles. The van der Waals surface area contributed by atoms with Crippen LogP contribution >= 0.6 is 11.6 Å². The zero-order valence-corrected chi connectivity index (χ0v) is 13.2. The van der Waals surface area contributed by atoms with Crippen molar-refractivity contribution in [1.29, 1.82) is 0 Å². The number of piperidine rings is 1. The monoisotopic (exact) mass is 308 g/mol. The van der Waals surface area contributed by atoms with E-state index >= 15 is 0 Å². The fourth-order valence-corrected chi connectivity index (χ4v) is 2.66. The third kappa shape index (κ3) is 3.56. The summed E-state index contributed by atoms with van der Waals surface area (Å²) in [5.74, 6) is -0.212. The topological polar surface area (TPSA) is 49.4 Å². The van der Waals surface area contributed by atoms with Gasteiger partial charge in [0.2, 0.25) is 11.8 Å². The number of nitrogens with one attached hydrogen (secondary N) is 1. The Morgan fingerprint density at radius 3 is 2.86 bits per heavy atom. The highest BCUT2D eigenvalue weighted by molar-refractivity contribution is 6.33. The summed E-state index contributed by atoms with van der Waals surface area (Å²) in [7, 11) is 0. The molecule has 1 N–H and O–H groups in total. The van der Waals surface area contributed by atoms with E-state index in [2.05, 4.69) is 5.32 Å². The van der Waals surface area contributed by atoms with Gasteiger partial charge >= 0.3 is 0 Å². The van der Waals surface area contributed by atoms with Gasteiger partial charge in [-0.1, -0.05) is 37.6 Å². The number of hydrogen-bond acceptors (Lipinski definition) is 2. The molecule has 2 amide bonds. The fraction of sp³-hybridized carbons (Fsp3) is 0.500. The largest absolute Gasteiger partial charge is 0.344 e. The second-order valence-electron chi connectivity index (χ2n) is 5.45. The summed E-state index contributed by atoms with van der Waals surface area (Å²) in [6.45, 7) is 4.47. The first-order valence-corrected chi connectivity index (χ1v) is 7.78. The Balaban J connectivity index is 2.12. The molecule has 1 heterocycles. The van der Waals surface area contributed by atoms with Gasteiger partial charge in [0.25, 0.3) is 0 Å². The molecule has 21 heavy (non-hydrogen) atoms. The normalized spacial score (nSPS) is 20.2. The number of anilines is 1. The lowest BCUT2D eigenvalue weighted by atomic mass is 10.0. The molecule has 4 nitrogen and oxygen atoms in total. The standard InChI is InChI=1S/C16H21ClN2O2/c1-3-11(2)15(20)18-13-8-6-10-19(16(13)21)14-9-5-4-7-12(14)17/h4-5,7,9,11,13H,3,6,8,10H2,1-2H3,(H,18,20)/t11-,13-/m0/s1. The van der Waals surface area contributed by atoms with Gasteiger partial charge in [0.05, 0.1) is 10.7 Å². The Morgan fingerprint density at radius 2 is 2.19 bits per heavy atom. The van der Waals surface area contributed by atoms with Crippen molar-refractivity contribution in [3.05, 3.63) is 29.3 Å². The first-order chi connectivity index (χ1) is 10.0. The number of amides is 2. The summed E-state index contributed by atoms with van der Waals surface area (Å²) in [5.41, 5.74) is 0.714. The number of carbonyl (C=O) groups excluding carboxylic acids is 2. The summed E-state index contributed by atoms with van der Waals surface area (Å²) in [4.78, 5) is 26.2. The molecular formula is C16H21ClN2O2. The molecule has 1 aliphatic heterocycles. The van der Waals surface area contributed by atoms with Crippen molar-refractivity contribution in [3.8, 4) is 0 Å². The zero-order valence-electron chi connectivity index (χ0n) is 12.4. The molecule has 114 valence electrons. The van der Waals surface area contributed by atoms with Crippen LogP contribution in [0.3, 0.4) is 0 Å². The quantitative estimate of drug-likeness (QED) is 0.929. The summed E-state index contributed by atoms with van der Waals surface area (Å²) < 4.78 is 0. The minimum atomic E-state index is -0.448. The molecule has 5 heteroatoms. The van der Waals surface area contributed by atoms with Crippen molar-refractivity contribution in [2.75, 3.05) is 11.4 Å². The maximum atomic E-state index is 12.6. The Bertz CT molecular complexity index is 533. The highest BCUT2D eigenvalue weighted by Gasteiger charge is 2.32. The van der Waals surface area contributed by atoms with E-state index in [0.717, 1.165) is 12.8 Å². The van der Waals surface area contributed by atoms with Crippen molar-refractivity contribution in [1.82, 2.24) is 5.32 Å². The van der Waals surface area contributed by atoms with Gasteiger partial charge in [-0.15, -0.1) is 0 Å². The average Bonchev–Trinajstić information content (AvgIpc) is 2.49. The molecular weight excluding hydrogens is 288 g/mol. The van der Waals surface area contributed by atoms with E-state index < -0.39 is 6.04 Å². The fourth-order valence-electron chi connectivity index (χ4n) is 2.42. The van der Waals surface area contributed by atoms with Crippen LogP contribution in [0.5, 0.6) is 0 Å². The van der Waals surface area contributed by atoms with Gasteiger partial charge in [-0.25, -0.2) is 0 Å². The van der Waals surface area contributed by atoms with Crippen LogP contribution in [0.2, 0.25) is 5.02 Å². The molecule has 2 atom stereocenters. The van der Waals surface area contributed by atoms with Gasteiger partial charge in [0.15, 0.2) is 0 Å². The molecule has 1 aromatic carbocycles. The maximum absolute atomic E-state index is 12.6. The SMILES string of the molecule is CC[C@H](C)C(=O)N[C@H]1CCCN(c2ccccc2Cl)C1=O. The second kappa shape index (κ2) is 6.94. The van der Waals surface area contributed by atoms with Gasteiger partial charge in [0, 0.05) is 12.5 Å². The van der Waals surface area contributed by atoms with Crippen LogP contribution in [0.1, 0.15) is 33.1 Å². The minimum Gasteiger partial charge on any atom is -0.344 e. The Morgan fingerprint density at radius 1 is 1.48 bits per heavy atom. The minimum absolute atomic E-state index is 0.0585. The number of halogens is 1. The van der Waals surface area contributed by atoms with Crippen LogP contribution in [0, 0.1) is 5.92 Å². The van der Waals surface area contributed by atoms with E-state index in [0.29, 0.717) is 23.7 Å². The molecule has 0 radical (unpaired) electrons. The smallest absolute Gasteiger partial charge is 0.249 e. The summed E-state index contributed by atoms with van der Waals surface area (Å²) in [5, 5.41) is 3.42. The van der Waals surface area contributed by atoms with Crippen molar-refractivity contribution in [2.45, 2.75) is 39.2 Å². The van der Waals surface area contributed by atoms with E-state index in [9.17, 15) is 9.59 Å². The molecule has 0 saturated carbocycles. The number of hydrogen-bond donors (Lipinski definition) is 1. The van der Waals surface area contributed by atoms with Crippen LogP contribution in [-0.2, 0) is 9.59 Å². The number of carbonyl (C=O) groups is 2. The van der Waals surface area contributed by atoms with E-state index in [-0.39, 0.29) is 17.7 Å². The average molecular weight is 309 g/mol. The van der Waals surface area contributed by atoms with Gasteiger partial charge < -0.3 is 10.2 Å². The van der Waals surface area contributed by atoms with Crippen LogP contribution in [0.4, 0.5) is 5.69 Å². The number of nitrogens with zero attached hydrogens (tertiary/aromatic N) is 1. The van der Waals surface area contributed by atoms with E-state index in [4.69, 9.17) is 11.6 Å². The second-order valence-corrected chi connectivity index (χ2v) is 5.86. The van der Waals surface area contributed by atoms with Gasteiger partial charge in [0.1, 0.15) is 6.04 Å². The van der Waals surface area contributed by atoms with Crippen LogP contribution in [0.15, 0.2) is 24.3 Å². The Kier molecular flexibility index (Phi) is 5.23. The van der Waals surface area contributed by atoms with E-state index in [1.165, 1.54) is 0 Å². The predicted octanol–water partition coefficient (Wildman–Crippen LogP) is 3.00. The zero-order chi connectivity index (χ0) is 15.4. The van der Waals surface area contributed by atoms with Crippen LogP contribution < -0.4 is 10.2 Å². The molecule has 2 rings (SSSR count). The van der Waals surface area contributed by atoms with Crippen molar-refractivity contribution < 1.29 is 9.59 Å². The highest BCUT2D eigenvalue weighted by atomic mass is 35.5. The van der Waals surface area contributed by atoms with Crippen molar-refractivity contribution >= 4 is 29.1 Å². The molecule has 1 fully saturated rings. The first-order valence-electron chi connectivity index (χ1n) is 7.41. The summed E-state index contributed by atoms with van der Waals surface area (Å²) in [6.07, 6.45) is 2.30. The highest BCUT2D eigenvalue weighted by Crippen LogP contribution is 2.28. The third-order valence-corrected chi connectivity index (χ3v) is 4.28. The van der Waals surface area contributed by atoms with Crippen LogP contribution in [0.25, 0.3) is 0 Å². The van der Waals surface area contributed by atoms with Gasteiger partial charge in [-0.2, -0.15) is 0 Å². The summed E-state index contributed by atoms with van der Waals surface area (Å²) in [6, 6.07) is 6.85. The molecule has 1 aromatic rings. The van der Waals surface area contributed by atoms with E-state index in [1.54, 1.807) is 11.0 Å². The van der Waals surface area contributed by atoms with Gasteiger partial charge in [-0.05, 0) is 31.4 Å². The predicted molar refractivity (Wildman–Crippen MR) is 84.4 cm³/mol. The lowest BCUT2D eigenvalue weighted by molar-refractivity contribution is -0.130. The Hall–Kier alpha value is -1.55. The number of rotatable bonds is 4. The Labute approximate surface area is 130 Å². The van der Waals surface area contributed by atoms with E-state index in [1.807, 2.05) is 32.0 Å². The molecule has 1 saturated heterocycles. The molecule has 0 spiro atoms. The number of benzene rings is 1. The summed E-state index contributed by atoms with van der Waals surface area (Å²) >= 11 is 6.17. The molecule has 0 bridgehead atoms.